The summed E-state index contributed by atoms with van der Waals surface area (Å²) in [5.41, 5.74) is 2.45. The Balaban J connectivity index is 1.95. The molecule has 1 unspecified atom stereocenters. The summed E-state index contributed by atoms with van der Waals surface area (Å²) in [5.74, 6) is 0. The zero-order valence-electron chi connectivity index (χ0n) is 12.5. The molecule has 0 spiro atoms. The van der Waals surface area contributed by atoms with Gasteiger partial charge >= 0.3 is 0 Å². The van der Waals surface area contributed by atoms with Gasteiger partial charge in [0.05, 0.1) is 10.7 Å². The van der Waals surface area contributed by atoms with Crippen LogP contribution in [0.25, 0.3) is 10.7 Å². The highest BCUT2D eigenvalue weighted by atomic mass is 32.1. The van der Waals surface area contributed by atoms with Gasteiger partial charge in [0.25, 0.3) is 0 Å². The fourth-order valence-corrected chi connectivity index (χ4v) is 4.70. The SMILES string of the molecule is CNC1CCCc2nc(-c3csc(C(C)(C)C)n3)sc21. The van der Waals surface area contributed by atoms with Gasteiger partial charge < -0.3 is 5.32 Å². The first-order valence-corrected chi connectivity index (χ1v) is 8.82. The van der Waals surface area contributed by atoms with Crippen molar-refractivity contribution in [2.75, 3.05) is 7.05 Å². The van der Waals surface area contributed by atoms with Crippen molar-refractivity contribution in [3.8, 4) is 10.7 Å². The minimum atomic E-state index is 0.118. The Morgan fingerprint density at radius 2 is 2.10 bits per heavy atom. The number of aromatic nitrogens is 2. The second kappa shape index (κ2) is 5.20. The molecular formula is C15H21N3S2. The molecule has 1 aliphatic carbocycles. The van der Waals surface area contributed by atoms with Gasteiger partial charge in [0.1, 0.15) is 10.7 Å². The van der Waals surface area contributed by atoms with Crippen LogP contribution in [0, 0.1) is 0 Å². The Labute approximate surface area is 128 Å². The molecule has 20 heavy (non-hydrogen) atoms. The maximum absolute atomic E-state index is 4.84. The molecule has 0 fully saturated rings. The molecule has 0 saturated heterocycles. The van der Waals surface area contributed by atoms with Gasteiger partial charge in [0, 0.05) is 21.7 Å². The van der Waals surface area contributed by atoms with Crippen LogP contribution in [0.1, 0.15) is 55.2 Å². The van der Waals surface area contributed by atoms with Crippen LogP contribution in [0.5, 0.6) is 0 Å². The van der Waals surface area contributed by atoms with E-state index in [1.165, 1.54) is 28.4 Å². The monoisotopic (exact) mass is 307 g/mol. The average molecular weight is 307 g/mol. The molecule has 0 bridgehead atoms. The molecule has 0 saturated carbocycles. The largest absolute Gasteiger partial charge is 0.312 e. The van der Waals surface area contributed by atoms with Crippen LogP contribution in [-0.4, -0.2) is 17.0 Å². The van der Waals surface area contributed by atoms with E-state index in [9.17, 15) is 0 Å². The number of nitrogens with zero attached hydrogens (tertiary/aromatic N) is 2. The zero-order valence-corrected chi connectivity index (χ0v) is 14.1. The van der Waals surface area contributed by atoms with Crippen molar-refractivity contribution in [3.63, 3.8) is 0 Å². The van der Waals surface area contributed by atoms with E-state index in [4.69, 9.17) is 9.97 Å². The van der Waals surface area contributed by atoms with Gasteiger partial charge in [-0.15, -0.1) is 22.7 Å². The third-order valence-corrected chi connectivity index (χ3v) is 6.17. The number of hydrogen-bond acceptors (Lipinski definition) is 5. The smallest absolute Gasteiger partial charge is 0.143 e. The third-order valence-electron chi connectivity index (χ3n) is 3.66. The minimum absolute atomic E-state index is 0.118. The van der Waals surface area contributed by atoms with E-state index in [0.29, 0.717) is 6.04 Å². The van der Waals surface area contributed by atoms with Gasteiger partial charge in [-0.05, 0) is 26.3 Å². The normalized spacial score (nSPS) is 19.1. The Morgan fingerprint density at radius 3 is 2.75 bits per heavy atom. The molecule has 2 heterocycles. The highest BCUT2D eigenvalue weighted by Crippen LogP contribution is 2.38. The molecule has 3 rings (SSSR count). The highest BCUT2D eigenvalue weighted by Gasteiger charge is 2.25. The fourth-order valence-electron chi connectivity index (χ4n) is 2.52. The molecular weight excluding hydrogens is 286 g/mol. The first kappa shape index (κ1) is 14.2. The Bertz CT molecular complexity index is 607. The molecule has 5 heteroatoms. The van der Waals surface area contributed by atoms with Gasteiger partial charge in [-0.2, -0.15) is 0 Å². The molecule has 2 aromatic heterocycles. The van der Waals surface area contributed by atoms with E-state index in [2.05, 4.69) is 31.5 Å². The molecule has 3 nitrogen and oxygen atoms in total. The summed E-state index contributed by atoms with van der Waals surface area (Å²) in [5, 5.41) is 7.83. The van der Waals surface area contributed by atoms with E-state index in [0.717, 1.165) is 17.1 Å². The fraction of sp³-hybridized carbons (Fsp3) is 0.600. The second-order valence-electron chi connectivity index (χ2n) is 6.35. The molecule has 0 radical (unpaired) electrons. The van der Waals surface area contributed by atoms with Crippen molar-refractivity contribution in [1.29, 1.82) is 0 Å². The van der Waals surface area contributed by atoms with Gasteiger partial charge in [-0.1, -0.05) is 20.8 Å². The summed E-state index contributed by atoms with van der Waals surface area (Å²) in [6, 6.07) is 0.478. The summed E-state index contributed by atoms with van der Waals surface area (Å²) in [6.45, 7) is 6.62. The van der Waals surface area contributed by atoms with E-state index >= 15 is 0 Å². The first-order chi connectivity index (χ1) is 9.49. The quantitative estimate of drug-likeness (QED) is 0.905. The number of thiazole rings is 2. The third kappa shape index (κ3) is 2.54. The van der Waals surface area contributed by atoms with Crippen molar-refractivity contribution in [1.82, 2.24) is 15.3 Å². The van der Waals surface area contributed by atoms with Gasteiger partial charge in [0.2, 0.25) is 0 Å². The van der Waals surface area contributed by atoms with Crippen molar-refractivity contribution in [2.24, 2.45) is 0 Å². The lowest BCUT2D eigenvalue weighted by Crippen LogP contribution is -2.19. The summed E-state index contributed by atoms with van der Waals surface area (Å²) in [7, 11) is 2.04. The molecule has 1 aliphatic rings. The van der Waals surface area contributed by atoms with Crippen LogP contribution in [0.4, 0.5) is 0 Å². The molecule has 0 aromatic carbocycles. The van der Waals surface area contributed by atoms with Crippen molar-refractivity contribution < 1.29 is 0 Å². The number of aryl methyl sites for hydroxylation is 1. The summed E-state index contributed by atoms with van der Waals surface area (Å²) < 4.78 is 0. The molecule has 0 aliphatic heterocycles. The highest BCUT2D eigenvalue weighted by molar-refractivity contribution is 7.16. The Hall–Kier alpha value is -0.780. The Kier molecular flexibility index (Phi) is 3.69. The summed E-state index contributed by atoms with van der Waals surface area (Å²) in [4.78, 5) is 11.0. The minimum Gasteiger partial charge on any atom is -0.312 e. The van der Waals surface area contributed by atoms with Crippen LogP contribution in [0.15, 0.2) is 5.38 Å². The Morgan fingerprint density at radius 1 is 1.30 bits per heavy atom. The van der Waals surface area contributed by atoms with E-state index in [-0.39, 0.29) is 5.41 Å². The van der Waals surface area contributed by atoms with Crippen LogP contribution >= 0.6 is 22.7 Å². The predicted molar refractivity (Wildman–Crippen MR) is 86.7 cm³/mol. The van der Waals surface area contributed by atoms with Gasteiger partial charge in [-0.3, -0.25) is 0 Å². The number of hydrogen-bond donors (Lipinski definition) is 1. The van der Waals surface area contributed by atoms with Crippen LogP contribution in [-0.2, 0) is 11.8 Å². The lowest BCUT2D eigenvalue weighted by atomic mass is 9.98. The summed E-state index contributed by atoms with van der Waals surface area (Å²) >= 11 is 3.56. The van der Waals surface area contributed by atoms with Crippen LogP contribution < -0.4 is 5.32 Å². The lowest BCUT2D eigenvalue weighted by molar-refractivity contribution is 0.501. The predicted octanol–water partition coefficient (Wildman–Crippen LogP) is 4.16. The standard InChI is InChI=1S/C15H21N3S2/c1-15(2,3)14-18-11(8-19-14)13-17-10-7-5-6-9(16-4)12(10)20-13/h8-9,16H,5-7H2,1-4H3. The van der Waals surface area contributed by atoms with Gasteiger partial charge in [0.15, 0.2) is 0 Å². The van der Waals surface area contributed by atoms with E-state index in [1.54, 1.807) is 11.3 Å². The van der Waals surface area contributed by atoms with E-state index in [1.807, 2.05) is 18.4 Å². The van der Waals surface area contributed by atoms with Crippen LogP contribution in [0.2, 0.25) is 0 Å². The lowest BCUT2D eigenvalue weighted by Gasteiger charge is -2.19. The van der Waals surface area contributed by atoms with Crippen molar-refractivity contribution in [3.05, 3.63) is 21.0 Å². The first-order valence-electron chi connectivity index (χ1n) is 7.12. The molecule has 0 amide bonds. The van der Waals surface area contributed by atoms with Crippen molar-refractivity contribution in [2.45, 2.75) is 51.5 Å². The zero-order chi connectivity index (χ0) is 14.3. The molecule has 1 atom stereocenters. The number of fused-ring (bicyclic) bond motifs is 1. The molecule has 1 N–H and O–H groups in total. The molecule has 108 valence electrons. The number of rotatable bonds is 2. The van der Waals surface area contributed by atoms with Gasteiger partial charge in [-0.25, -0.2) is 9.97 Å². The second-order valence-corrected chi connectivity index (χ2v) is 8.24. The molecule has 2 aromatic rings. The van der Waals surface area contributed by atoms with Crippen LogP contribution in [0.3, 0.4) is 0 Å². The maximum Gasteiger partial charge on any atom is 0.143 e. The maximum atomic E-state index is 4.84. The average Bonchev–Trinajstić information content (AvgIpc) is 3.03. The van der Waals surface area contributed by atoms with Crippen molar-refractivity contribution >= 4 is 22.7 Å². The summed E-state index contributed by atoms with van der Waals surface area (Å²) in [6.07, 6.45) is 3.56. The topological polar surface area (TPSA) is 37.8 Å². The number of nitrogens with one attached hydrogen (secondary N) is 1. The van der Waals surface area contributed by atoms with E-state index < -0.39 is 0 Å².